The van der Waals surface area contributed by atoms with Crippen molar-refractivity contribution in [3.05, 3.63) is 108 Å². The predicted molar refractivity (Wildman–Crippen MR) is 165 cm³/mol. The number of nitrogens with zero attached hydrogens (tertiary/aromatic N) is 8. The average Bonchev–Trinajstić information content (AvgIpc) is 3.33. The fourth-order valence-electron chi connectivity index (χ4n) is 6.58. The number of allylic oxidation sites excluding steroid dienone is 2. The van der Waals surface area contributed by atoms with Gasteiger partial charge in [0.15, 0.2) is 0 Å². The Morgan fingerprint density at radius 1 is 0.833 bits per heavy atom. The van der Waals surface area contributed by atoms with E-state index in [1.807, 2.05) is 49.1 Å². The van der Waals surface area contributed by atoms with E-state index >= 15 is 0 Å². The number of hydrogen-bond acceptors (Lipinski definition) is 8. The monoisotopic (exact) mass is 554 g/mol. The first-order valence-corrected chi connectivity index (χ1v) is 14.6. The molecule has 9 heteroatoms. The van der Waals surface area contributed by atoms with E-state index < -0.39 is 0 Å². The standard InChI is InChI=1S/C33H32N9/c34-42-18-13-35-22-30(42)31(26-19-27(20-26)40-14-16-41(17-15-40)33-36-11-4-12-37-33)39-32(42)25-8-7-24-9-10-28(38-29(24)21-25)23-5-2-1-3-6-23/h1-13,18,21-22,26-27H,14-17,19-20,34H2/q+1. The van der Waals surface area contributed by atoms with Crippen LogP contribution in [0, 0.1) is 5.92 Å². The molecule has 208 valence electrons. The van der Waals surface area contributed by atoms with Gasteiger partial charge in [-0.1, -0.05) is 42.5 Å². The van der Waals surface area contributed by atoms with Gasteiger partial charge in [-0.15, -0.1) is 4.59 Å². The zero-order chi connectivity index (χ0) is 28.1. The normalized spacial score (nSPS) is 25.5. The topological polar surface area (TPSA) is 95.9 Å². The molecule has 0 bridgehead atoms. The minimum atomic E-state index is 0.0413. The van der Waals surface area contributed by atoms with Gasteiger partial charge in [0.05, 0.1) is 29.2 Å². The summed E-state index contributed by atoms with van der Waals surface area (Å²) in [6.07, 6.45) is 11.4. The SMILES string of the molecule is N[N+]12C=CN=CC1=C(C1CC(N3CCN(c4ncccn4)CC3)C1)N=C2c1ccc2ccc(-c3ccccc3)nc2c1. The van der Waals surface area contributed by atoms with E-state index in [-0.39, 0.29) is 4.59 Å². The van der Waals surface area contributed by atoms with Crippen LogP contribution in [0.2, 0.25) is 0 Å². The summed E-state index contributed by atoms with van der Waals surface area (Å²) in [4.78, 5) is 28.4. The Bertz CT molecular complexity index is 1770. The quantitative estimate of drug-likeness (QED) is 0.288. The first kappa shape index (κ1) is 25.2. The first-order chi connectivity index (χ1) is 20.7. The summed E-state index contributed by atoms with van der Waals surface area (Å²) in [6.45, 7) is 3.94. The molecule has 0 amide bonds. The predicted octanol–water partition coefficient (Wildman–Crippen LogP) is 4.51. The van der Waals surface area contributed by atoms with Crippen LogP contribution in [0.3, 0.4) is 0 Å². The van der Waals surface area contributed by atoms with E-state index in [0.717, 1.165) is 89.9 Å². The number of amidine groups is 1. The summed E-state index contributed by atoms with van der Waals surface area (Å²) >= 11 is 0. The van der Waals surface area contributed by atoms with Crippen LogP contribution in [0.4, 0.5) is 5.95 Å². The van der Waals surface area contributed by atoms with E-state index in [4.69, 9.17) is 15.8 Å². The van der Waals surface area contributed by atoms with Gasteiger partial charge in [-0.3, -0.25) is 9.89 Å². The maximum absolute atomic E-state index is 7.08. The number of anilines is 1. The number of hydrogen-bond donors (Lipinski definition) is 1. The lowest BCUT2D eigenvalue weighted by Crippen LogP contribution is -2.55. The van der Waals surface area contributed by atoms with Crippen molar-refractivity contribution in [3.8, 4) is 11.3 Å². The molecule has 2 aromatic carbocycles. The summed E-state index contributed by atoms with van der Waals surface area (Å²) < 4.78 is 0.0413. The molecule has 8 rings (SSSR count). The Hall–Kier alpha value is -4.57. The number of benzene rings is 2. The summed E-state index contributed by atoms with van der Waals surface area (Å²) in [5.41, 5.74) is 5.99. The van der Waals surface area contributed by atoms with Gasteiger partial charge in [0.2, 0.25) is 11.6 Å². The zero-order valence-corrected chi connectivity index (χ0v) is 23.3. The lowest BCUT2D eigenvalue weighted by Gasteiger charge is -2.46. The first-order valence-electron chi connectivity index (χ1n) is 14.6. The Kier molecular flexibility index (Phi) is 6.03. The number of nitrogens with two attached hydrogens (primary N) is 1. The Labute approximate surface area is 244 Å². The molecule has 1 saturated carbocycles. The van der Waals surface area contributed by atoms with E-state index in [9.17, 15) is 0 Å². The van der Waals surface area contributed by atoms with Gasteiger partial charge >= 0.3 is 0 Å². The Balaban J connectivity index is 1.03. The van der Waals surface area contributed by atoms with Crippen LogP contribution in [0.15, 0.2) is 113 Å². The van der Waals surface area contributed by atoms with Crippen LogP contribution in [0.1, 0.15) is 18.4 Å². The number of fused-ring (bicyclic) bond motifs is 2. The second-order valence-electron chi connectivity index (χ2n) is 11.4. The molecule has 1 aliphatic carbocycles. The number of rotatable bonds is 5. The molecule has 9 nitrogen and oxygen atoms in total. The summed E-state index contributed by atoms with van der Waals surface area (Å²) in [5, 5.41) is 1.09. The lowest BCUT2D eigenvalue weighted by atomic mass is 9.76. The highest BCUT2D eigenvalue weighted by molar-refractivity contribution is 6.02. The molecule has 1 atom stereocenters. The highest BCUT2D eigenvalue weighted by Gasteiger charge is 2.49. The zero-order valence-electron chi connectivity index (χ0n) is 23.3. The van der Waals surface area contributed by atoms with E-state index in [1.54, 1.807) is 6.20 Å². The van der Waals surface area contributed by atoms with Gasteiger partial charge in [0.1, 0.15) is 11.9 Å². The second-order valence-corrected chi connectivity index (χ2v) is 11.4. The van der Waals surface area contributed by atoms with Crippen molar-refractivity contribution in [3.63, 3.8) is 0 Å². The Morgan fingerprint density at radius 3 is 2.43 bits per heavy atom. The summed E-state index contributed by atoms with van der Waals surface area (Å²) in [7, 11) is 0. The fourth-order valence-corrected chi connectivity index (χ4v) is 6.58. The van der Waals surface area contributed by atoms with Gasteiger partial charge < -0.3 is 4.90 Å². The minimum absolute atomic E-state index is 0.0413. The van der Waals surface area contributed by atoms with Crippen molar-refractivity contribution in [2.45, 2.75) is 18.9 Å². The molecule has 1 saturated heterocycles. The maximum atomic E-state index is 7.08. The molecule has 2 fully saturated rings. The van der Waals surface area contributed by atoms with Crippen molar-refractivity contribution in [1.82, 2.24) is 19.9 Å². The summed E-state index contributed by atoms with van der Waals surface area (Å²) in [5.74, 6) is 9.08. The molecule has 3 aliphatic heterocycles. The fraction of sp³-hybridized carbons (Fsp3) is 0.242. The third-order valence-corrected chi connectivity index (χ3v) is 9.01. The molecule has 4 aliphatic rings. The smallest absolute Gasteiger partial charge is 0.264 e. The van der Waals surface area contributed by atoms with Crippen LogP contribution >= 0.6 is 0 Å². The van der Waals surface area contributed by atoms with E-state index in [0.29, 0.717) is 12.0 Å². The molecular weight excluding hydrogens is 522 g/mol. The van der Waals surface area contributed by atoms with Gasteiger partial charge in [-0.05, 0) is 37.1 Å². The number of aliphatic imine (C=N–C) groups is 2. The highest BCUT2D eigenvalue weighted by atomic mass is 15.6. The molecule has 0 radical (unpaired) electrons. The third kappa shape index (κ3) is 4.25. The van der Waals surface area contributed by atoms with Crippen molar-refractivity contribution in [2.75, 3.05) is 31.1 Å². The second kappa shape index (κ2) is 10.1. The highest BCUT2D eigenvalue weighted by Crippen LogP contribution is 2.44. The molecule has 4 aromatic rings. The van der Waals surface area contributed by atoms with Crippen molar-refractivity contribution >= 4 is 28.9 Å². The van der Waals surface area contributed by atoms with Gasteiger partial charge in [-0.2, -0.15) is 10.8 Å². The van der Waals surface area contributed by atoms with Crippen LogP contribution in [0.25, 0.3) is 22.2 Å². The number of pyridine rings is 1. The molecular formula is C33H32N9+. The maximum Gasteiger partial charge on any atom is 0.264 e. The van der Waals surface area contributed by atoms with Crippen molar-refractivity contribution in [1.29, 1.82) is 0 Å². The molecule has 2 aromatic heterocycles. The molecule has 5 heterocycles. The number of aromatic nitrogens is 3. The average molecular weight is 555 g/mol. The van der Waals surface area contributed by atoms with E-state index in [1.165, 1.54) is 0 Å². The Morgan fingerprint density at radius 2 is 1.62 bits per heavy atom. The largest absolute Gasteiger partial charge is 0.338 e. The third-order valence-electron chi connectivity index (χ3n) is 9.01. The van der Waals surface area contributed by atoms with Gasteiger partial charge in [0, 0.05) is 61.5 Å². The number of piperazine rings is 1. The molecule has 2 N–H and O–H groups in total. The molecule has 42 heavy (non-hydrogen) atoms. The van der Waals surface area contributed by atoms with Crippen molar-refractivity contribution < 1.29 is 4.59 Å². The van der Waals surface area contributed by atoms with Gasteiger partial charge in [-0.25, -0.2) is 15.0 Å². The van der Waals surface area contributed by atoms with E-state index in [2.05, 4.69) is 67.2 Å². The molecule has 0 spiro atoms. The van der Waals surface area contributed by atoms with Crippen LogP contribution in [-0.4, -0.2) is 68.7 Å². The van der Waals surface area contributed by atoms with Crippen LogP contribution in [-0.2, 0) is 0 Å². The number of quaternary nitrogens is 1. The van der Waals surface area contributed by atoms with Crippen LogP contribution in [0.5, 0.6) is 0 Å². The molecule has 1 unspecified atom stereocenters. The minimum Gasteiger partial charge on any atom is -0.338 e. The lowest BCUT2D eigenvalue weighted by molar-refractivity contribution is -0.750. The summed E-state index contributed by atoms with van der Waals surface area (Å²) in [6, 6.07) is 23.2. The van der Waals surface area contributed by atoms with Gasteiger partial charge in [0.25, 0.3) is 5.84 Å². The van der Waals surface area contributed by atoms with Crippen LogP contribution < -0.4 is 10.7 Å². The van der Waals surface area contributed by atoms with Crippen molar-refractivity contribution in [2.24, 2.45) is 21.7 Å².